The second-order valence-corrected chi connectivity index (χ2v) is 4.37. The van der Waals surface area contributed by atoms with Crippen LogP contribution < -0.4 is 0 Å². The normalized spacial score (nSPS) is 31.9. The van der Waals surface area contributed by atoms with Crippen LogP contribution in [0.5, 0.6) is 0 Å². The van der Waals surface area contributed by atoms with Crippen LogP contribution in [-0.2, 0) is 9.47 Å². The van der Waals surface area contributed by atoms with Crippen molar-refractivity contribution < 1.29 is 9.47 Å². The van der Waals surface area contributed by atoms with Crippen molar-refractivity contribution in [1.82, 2.24) is 4.90 Å². The summed E-state index contributed by atoms with van der Waals surface area (Å²) in [6.45, 7) is 8.64. The first-order valence-corrected chi connectivity index (χ1v) is 5.25. The van der Waals surface area contributed by atoms with Crippen LogP contribution in [-0.4, -0.2) is 50.5 Å². The van der Waals surface area contributed by atoms with Crippen molar-refractivity contribution in [3.05, 3.63) is 12.2 Å². The Morgan fingerprint density at radius 3 is 3.07 bits per heavy atom. The van der Waals surface area contributed by atoms with Gasteiger partial charge in [-0.05, 0) is 12.8 Å². The van der Waals surface area contributed by atoms with E-state index in [1.807, 2.05) is 0 Å². The molecule has 0 aromatic heterocycles. The van der Waals surface area contributed by atoms with Gasteiger partial charge in [-0.15, -0.1) is 0 Å². The molecule has 0 aromatic rings. The monoisotopic (exact) mass is 213 g/mol. The van der Waals surface area contributed by atoms with Crippen molar-refractivity contribution in [3.8, 4) is 0 Å². The van der Waals surface area contributed by atoms with E-state index in [9.17, 15) is 0 Å². The van der Waals surface area contributed by atoms with Gasteiger partial charge in [-0.1, -0.05) is 19.6 Å². The first-order valence-electron chi connectivity index (χ1n) is 5.25. The van der Waals surface area contributed by atoms with E-state index >= 15 is 0 Å². The fourth-order valence-electron chi connectivity index (χ4n) is 2.66. The smallest absolute Gasteiger partial charge is 0.0650 e. The van der Waals surface area contributed by atoms with Crippen LogP contribution >= 0.6 is 0 Å². The van der Waals surface area contributed by atoms with E-state index in [0.29, 0.717) is 0 Å². The lowest BCUT2D eigenvalue weighted by Gasteiger charge is -2.35. The maximum absolute atomic E-state index is 5.51. The minimum Gasteiger partial charge on any atom is -0.383 e. The Hall–Kier alpha value is -0.380. The maximum atomic E-state index is 5.51. The molecule has 0 aliphatic carbocycles. The Morgan fingerprint density at radius 1 is 1.53 bits per heavy atom. The predicted molar refractivity (Wildman–Crippen MR) is 62.1 cm³/mol. The number of hydrogen-bond donors (Lipinski definition) is 0. The van der Waals surface area contributed by atoms with Gasteiger partial charge in [0.05, 0.1) is 18.8 Å². The van der Waals surface area contributed by atoms with E-state index in [1.165, 1.54) is 5.57 Å². The standard InChI is InChI=1S/C11H19NO2.CH4/c1-10-7-11(9-13-2)3-5-14-6-4-12(11)8-10;/h1,3-9H2,2H3;1H4. The van der Waals surface area contributed by atoms with Gasteiger partial charge in [-0.3, -0.25) is 4.90 Å². The van der Waals surface area contributed by atoms with Crippen LogP contribution in [0, 0.1) is 0 Å². The second kappa shape index (κ2) is 5.10. The lowest BCUT2D eigenvalue weighted by atomic mass is 9.92. The van der Waals surface area contributed by atoms with E-state index in [1.54, 1.807) is 7.11 Å². The van der Waals surface area contributed by atoms with Gasteiger partial charge in [-0.2, -0.15) is 0 Å². The van der Waals surface area contributed by atoms with Crippen molar-refractivity contribution in [2.24, 2.45) is 0 Å². The molecular weight excluding hydrogens is 190 g/mol. The van der Waals surface area contributed by atoms with Gasteiger partial charge in [0.25, 0.3) is 0 Å². The molecule has 15 heavy (non-hydrogen) atoms. The fraction of sp³-hybridized carbons (Fsp3) is 0.833. The SMILES string of the molecule is C.C=C1CN2CCOCCC2(COC)C1. The average Bonchev–Trinajstić information content (AvgIpc) is 2.31. The van der Waals surface area contributed by atoms with Crippen molar-refractivity contribution in [3.63, 3.8) is 0 Å². The molecule has 2 aliphatic rings. The number of methoxy groups -OCH3 is 1. The summed E-state index contributed by atoms with van der Waals surface area (Å²) < 4.78 is 10.9. The summed E-state index contributed by atoms with van der Waals surface area (Å²) in [6.07, 6.45) is 2.14. The molecule has 2 aliphatic heterocycles. The molecule has 1 unspecified atom stereocenters. The van der Waals surface area contributed by atoms with E-state index in [2.05, 4.69) is 11.5 Å². The molecule has 3 nitrogen and oxygen atoms in total. The third kappa shape index (κ3) is 2.41. The van der Waals surface area contributed by atoms with Gasteiger partial charge >= 0.3 is 0 Å². The minimum absolute atomic E-state index is 0. The fourth-order valence-corrected chi connectivity index (χ4v) is 2.66. The van der Waals surface area contributed by atoms with Gasteiger partial charge in [-0.25, -0.2) is 0 Å². The van der Waals surface area contributed by atoms with Gasteiger partial charge in [0.15, 0.2) is 0 Å². The molecule has 0 aromatic carbocycles. The van der Waals surface area contributed by atoms with Gasteiger partial charge in [0, 0.05) is 26.8 Å². The summed E-state index contributed by atoms with van der Waals surface area (Å²) >= 11 is 0. The van der Waals surface area contributed by atoms with Crippen LogP contribution in [0.2, 0.25) is 0 Å². The first-order chi connectivity index (χ1) is 6.77. The lowest BCUT2D eigenvalue weighted by molar-refractivity contribution is 0.0407. The molecular formula is C12H23NO2. The highest BCUT2D eigenvalue weighted by Gasteiger charge is 2.43. The lowest BCUT2D eigenvalue weighted by Crippen LogP contribution is -2.47. The van der Waals surface area contributed by atoms with Gasteiger partial charge < -0.3 is 9.47 Å². The molecule has 0 spiro atoms. The second-order valence-electron chi connectivity index (χ2n) is 4.37. The number of fused-ring (bicyclic) bond motifs is 1. The van der Waals surface area contributed by atoms with Crippen molar-refractivity contribution >= 4 is 0 Å². The molecule has 2 heterocycles. The van der Waals surface area contributed by atoms with Crippen molar-refractivity contribution in [2.45, 2.75) is 25.8 Å². The van der Waals surface area contributed by atoms with Crippen molar-refractivity contribution in [1.29, 1.82) is 0 Å². The quantitative estimate of drug-likeness (QED) is 0.652. The Balaban J connectivity index is 0.00000112. The number of ether oxygens (including phenoxy) is 2. The van der Waals surface area contributed by atoms with E-state index in [0.717, 1.165) is 45.8 Å². The Bertz CT molecular complexity index is 230. The summed E-state index contributed by atoms with van der Waals surface area (Å²) in [5.41, 5.74) is 1.52. The molecule has 0 radical (unpaired) electrons. The zero-order valence-corrected chi connectivity index (χ0v) is 8.92. The molecule has 0 amide bonds. The Labute approximate surface area is 93.0 Å². The minimum atomic E-state index is 0. The zero-order chi connectivity index (χ0) is 10.0. The maximum Gasteiger partial charge on any atom is 0.0650 e. The predicted octanol–water partition coefficient (Wildman–Crippen LogP) is 1.69. The third-order valence-corrected chi connectivity index (χ3v) is 3.29. The molecule has 3 heteroatoms. The molecule has 1 atom stereocenters. The molecule has 0 N–H and O–H groups in total. The van der Waals surface area contributed by atoms with Crippen LogP contribution in [0.15, 0.2) is 12.2 Å². The molecule has 2 rings (SSSR count). The summed E-state index contributed by atoms with van der Waals surface area (Å²) in [5.74, 6) is 0. The van der Waals surface area contributed by atoms with E-state index < -0.39 is 0 Å². The average molecular weight is 213 g/mol. The number of hydrogen-bond acceptors (Lipinski definition) is 3. The van der Waals surface area contributed by atoms with Gasteiger partial charge in [0.2, 0.25) is 0 Å². The number of rotatable bonds is 2. The highest BCUT2D eigenvalue weighted by atomic mass is 16.5. The topological polar surface area (TPSA) is 21.7 Å². The number of nitrogens with zero attached hydrogens (tertiary/aromatic N) is 1. The van der Waals surface area contributed by atoms with Crippen LogP contribution in [0.4, 0.5) is 0 Å². The zero-order valence-electron chi connectivity index (χ0n) is 8.92. The highest BCUT2D eigenvalue weighted by molar-refractivity contribution is 5.15. The summed E-state index contributed by atoms with van der Waals surface area (Å²) in [4.78, 5) is 2.48. The molecule has 88 valence electrons. The third-order valence-electron chi connectivity index (χ3n) is 3.29. The Kier molecular flexibility index (Phi) is 4.32. The summed E-state index contributed by atoms with van der Waals surface area (Å²) in [6, 6.07) is 0. The molecule has 2 fully saturated rings. The largest absolute Gasteiger partial charge is 0.383 e. The molecule has 0 bridgehead atoms. The van der Waals surface area contributed by atoms with E-state index in [4.69, 9.17) is 9.47 Å². The van der Waals surface area contributed by atoms with Crippen LogP contribution in [0.1, 0.15) is 20.3 Å². The molecule has 0 saturated carbocycles. The Morgan fingerprint density at radius 2 is 2.33 bits per heavy atom. The molecule has 2 saturated heterocycles. The van der Waals surface area contributed by atoms with Gasteiger partial charge in [0.1, 0.15) is 0 Å². The van der Waals surface area contributed by atoms with Crippen LogP contribution in [0.25, 0.3) is 0 Å². The van der Waals surface area contributed by atoms with Crippen LogP contribution in [0.3, 0.4) is 0 Å². The summed E-state index contributed by atoms with van der Waals surface area (Å²) in [5, 5.41) is 0. The van der Waals surface area contributed by atoms with Crippen molar-refractivity contribution in [2.75, 3.05) is 40.0 Å². The summed E-state index contributed by atoms with van der Waals surface area (Å²) in [7, 11) is 1.78. The highest BCUT2D eigenvalue weighted by Crippen LogP contribution is 2.36. The first kappa shape index (κ1) is 12.7. The van der Waals surface area contributed by atoms with E-state index in [-0.39, 0.29) is 13.0 Å².